The molecule has 0 aromatic carbocycles. The minimum absolute atomic E-state index is 0.129. The number of carbonyl (C=O) groups excluding carboxylic acids is 1. The first kappa shape index (κ1) is 13.3. The Morgan fingerprint density at radius 2 is 1.88 bits per heavy atom. The van der Waals surface area contributed by atoms with Crippen LogP contribution in [0, 0.1) is 0 Å². The summed E-state index contributed by atoms with van der Waals surface area (Å²) >= 11 is 0. The number of ether oxygens (including phenoxy) is 1. The zero-order valence-corrected chi connectivity index (χ0v) is 10.9. The summed E-state index contributed by atoms with van der Waals surface area (Å²) in [5.41, 5.74) is 0. The van der Waals surface area contributed by atoms with E-state index in [0.717, 1.165) is 19.3 Å². The van der Waals surface area contributed by atoms with Gasteiger partial charge in [0.2, 0.25) is 0 Å². The van der Waals surface area contributed by atoms with Crippen LogP contribution in [0.5, 0.6) is 0 Å². The largest absolute Gasteiger partial charge is 0.444 e. The summed E-state index contributed by atoms with van der Waals surface area (Å²) in [4.78, 5) is 13.2. The van der Waals surface area contributed by atoms with E-state index in [1.54, 1.807) is 4.90 Å². The first-order valence-corrected chi connectivity index (χ1v) is 6.64. The first-order valence-electron chi connectivity index (χ1n) is 6.64. The maximum atomic E-state index is 11.5. The molecule has 0 N–H and O–H groups in total. The molecule has 0 radical (unpaired) electrons. The monoisotopic (exact) mass is 227 g/mol. The summed E-state index contributed by atoms with van der Waals surface area (Å²) in [7, 11) is 1.86. The maximum Gasteiger partial charge on any atom is 0.410 e. The van der Waals surface area contributed by atoms with E-state index < -0.39 is 0 Å². The molecule has 2 unspecified atom stereocenters. The lowest BCUT2D eigenvalue weighted by molar-refractivity contribution is 0.123. The van der Waals surface area contributed by atoms with Gasteiger partial charge in [-0.05, 0) is 12.8 Å². The zero-order valence-electron chi connectivity index (χ0n) is 10.9. The van der Waals surface area contributed by atoms with Gasteiger partial charge in [-0.2, -0.15) is 0 Å². The van der Waals surface area contributed by atoms with Crippen molar-refractivity contribution in [2.45, 2.75) is 70.9 Å². The Balaban J connectivity index is 2.37. The summed E-state index contributed by atoms with van der Waals surface area (Å²) in [5, 5.41) is 0. The Kier molecular flexibility index (Phi) is 5.64. The topological polar surface area (TPSA) is 29.5 Å². The maximum absolute atomic E-state index is 11.5. The molecule has 0 aromatic rings. The minimum atomic E-state index is -0.140. The predicted molar refractivity (Wildman–Crippen MR) is 65.5 cm³/mol. The quantitative estimate of drug-likeness (QED) is 0.622. The normalized spacial score (nSPS) is 24.9. The number of cyclic esters (lactones) is 1. The lowest BCUT2D eigenvalue weighted by Gasteiger charge is -2.20. The number of nitrogens with zero attached hydrogens (tertiary/aromatic N) is 1. The van der Waals surface area contributed by atoms with Crippen LogP contribution in [0.1, 0.15) is 58.8 Å². The van der Waals surface area contributed by atoms with Gasteiger partial charge in [0.25, 0.3) is 0 Å². The Labute approximate surface area is 99.1 Å². The van der Waals surface area contributed by atoms with Gasteiger partial charge in [0.15, 0.2) is 0 Å². The van der Waals surface area contributed by atoms with Crippen molar-refractivity contribution in [3.05, 3.63) is 0 Å². The smallest absolute Gasteiger partial charge is 0.410 e. The van der Waals surface area contributed by atoms with E-state index in [0.29, 0.717) is 6.04 Å². The van der Waals surface area contributed by atoms with E-state index in [4.69, 9.17) is 4.74 Å². The molecule has 1 aliphatic rings. The predicted octanol–water partition coefficient (Wildman–Crippen LogP) is 3.58. The highest BCUT2D eigenvalue weighted by molar-refractivity contribution is 5.70. The molecule has 16 heavy (non-hydrogen) atoms. The highest BCUT2D eigenvalue weighted by Gasteiger charge is 2.37. The Bertz CT molecular complexity index is 218. The number of likely N-dealkylation sites (N-methyl/N-ethyl adjacent to an activating group) is 1. The fraction of sp³-hybridized carbons (Fsp3) is 0.923. The van der Waals surface area contributed by atoms with Crippen molar-refractivity contribution in [1.82, 2.24) is 4.90 Å². The molecule has 1 amide bonds. The van der Waals surface area contributed by atoms with E-state index >= 15 is 0 Å². The number of hydrogen-bond acceptors (Lipinski definition) is 2. The molecule has 1 aliphatic heterocycles. The van der Waals surface area contributed by atoms with Crippen molar-refractivity contribution < 1.29 is 9.53 Å². The highest BCUT2D eigenvalue weighted by Crippen LogP contribution is 2.25. The molecule has 3 heteroatoms. The summed E-state index contributed by atoms with van der Waals surface area (Å²) in [6.45, 7) is 4.36. The van der Waals surface area contributed by atoms with Crippen LogP contribution in [0.2, 0.25) is 0 Å². The van der Waals surface area contributed by atoms with E-state index in [-0.39, 0.29) is 12.2 Å². The van der Waals surface area contributed by atoms with Gasteiger partial charge < -0.3 is 9.64 Å². The molecule has 1 heterocycles. The van der Waals surface area contributed by atoms with Crippen molar-refractivity contribution in [2.75, 3.05) is 7.05 Å². The molecular weight excluding hydrogens is 202 g/mol. The SMILES string of the molecule is CCCCCCC1C(CCC)OC(=O)N1C. The summed E-state index contributed by atoms with van der Waals surface area (Å²) < 4.78 is 5.37. The van der Waals surface area contributed by atoms with Crippen LogP contribution in [-0.2, 0) is 4.74 Å². The molecule has 0 spiro atoms. The van der Waals surface area contributed by atoms with E-state index in [1.165, 1.54) is 25.7 Å². The van der Waals surface area contributed by atoms with Crippen LogP contribution in [0.3, 0.4) is 0 Å². The second-order valence-electron chi connectivity index (χ2n) is 4.74. The van der Waals surface area contributed by atoms with Crippen LogP contribution in [0.25, 0.3) is 0 Å². The zero-order chi connectivity index (χ0) is 12.0. The number of hydrogen-bond donors (Lipinski definition) is 0. The van der Waals surface area contributed by atoms with Gasteiger partial charge in [0.05, 0.1) is 6.04 Å². The molecule has 0 saturated carbocycles. The fourth-order valence-corrected chi connectivity index (χ4v) is 2.37. The molecule has 1 saturated heterocycles. The molecular formula is C13H25NO2. The van der Waals surface area contributed by atoms with Crippen molar-refractivity contribution in [1.29, 1.82) is 0 Å². The van der Waals surface area contributed by atoms with E-state index in [1.807, 2.05) is 7.05 Å². The molecule has 0 aliphatic carbocycles. The molecule has 3 nitrogen and oxygen atoms in total. The number of rotatable bonds is 7. The highest BCUT2D eigenvalue weighted by atomic mass is 16.6. The second-order valence-corrected chi connectivity index (χ2v) is 4.74. The Hall–Kier alpha value is -0.730. The fourth-order valence-electron chi connectivity index (χ4n) is 2.37. The molecule has 0 bridgehead atoms. The second kappa shape index (κ2) is 6.77. The number of amides is 1. The van der Waals surface area contributed by atoms with E-state index in [2.05, 4.69) is 13.8 Å². The average molecular weight is 227 g/mol. The third-order valence-electron chi connectivity index (χ3n) is 3.39. The van der Waals surface area contributed by atoms with Crippen LogP contribution >= 0.6 is 0 Å². The van der Waals surface area contributed by atoms with Gasteiger partial charge in [-0.3, -0.25) is 0 Å². The van der Waals surface area contributed by atoms with E-state index in [9.17, 15) is 4.79 Å². The Morgan fingerprint density at radius 1 is 1.12 bits per heavy atom. The average Bonchev–Trinajstić information content (AvgIpc) is 2.52. The number of carbonyl (C=O) groups is 1. The van der Waals surface area contributed by atoms with Crippen LogP contribution < -0.4 is 0 Å². The Morgan fingerprint density at radius 3 is 2.50 bits per heavy atom. The number of unbranched alkanes of at least 4 members (excludes halogenated alkanes) is 3. The van der Waals surface area contributed by atoms with Crippen molar-refractivity contribution in [2.24, 2.45) is 0 Å². The summed E-state index contributed by atoms with van der Waals surface area (Å²) in [6, 6.07) is 0.310. The summed E-state index contributed by atoms with van der Waals surface area (Å²) in [6.07, 6.45) is 8.19. The third kappa shape index (κ3) is 3.39. The molecule has 0 aromatic heterocycles. The van der Waals surface area contributed by atoms with Crippen LogP contribution in [-0.4, -0.2) is 30.2 Å². The molecule has 2 atom stereocenters. The van der Waals surface area contributed by atoms with Crippen molar-refractivity contribution in [3.63, 3.8) is 0 Å². The van der Waals surface area contributed by atoms with Crippen molar-refractivity contribution in [3.8, 4) is 0 Å². The minimum Gasteiger partial charge on any atom is -0.444 e. The molecule has 1 fully saturated rings. The third-order valence-corrected chi connectivity index (χ3v) is 3.39. The molecule has 94 valence electrons. The van der Waals surface area contributed by atoms with Gasteiger partial charge in [-0.1, -0.05) is 46.0 Å². The van der Waals surface area contributed by atoms with Crippen LogP contribution in [0.4, 0.5) is 4.79 Å². The van der Waals surface area contributed by atoms with Gasteiger partial charge in [-0.15, -0.1) is 0 Å². The molecule has 1 rings (SSSR count). The van der Waals surface area contributed by atoms with Gasteiger partial charge >= 0.3 is 6.09 Å². The lowest BCUT2D eigenvalue weighted by Crippen LogP contribution is -2.33. The standard InChI is InChI=1S/C13H25NO2/c1-4-6-7-8-10-11-12(9-5-2)16-13(15)14(11)3/h11-12H,4-10H2,1-3H3. The lowest BCUT2D eigenvalue weighted by atomic mass is 9.99. The van der Waals surface area contributed by atoms with Gasteiger partial charge in [0.1, 0.15) is 6.10 Å². The van der Waals surface area contributed by atoms with Crippen LogP contribution in [0.15, 0.2) is 0 Å². The summed E-state index contributed by atoms with van der Waals surface area (Å²) in [5.74, 6) is 0. The first-order chi connectivity index (χ1) is 7.70. The van der Waals surface area contributed by atoms with Gasteiger partial charge in [0, 0.05) is 7.05 Å². The van der Waals surface area contributed by atoms with Gasteiger partial charge in [-0.25, -0.2) is 4.79 Å². The van der Waals surface area contributed by atoms with Crippen molar-refractivity contribution >= 4 is 6.09 Å².